The van der Waals surface area contributed by atoms with Crippen molar-refractivity contribution in [1.29, 1.82) is 0 Å². The van der Waals surface area contributed by atoms with Crippen LogP contribution in [-0.4, -0.2) is 54.7 Å². The van der Waals surface area contributed by atoms with E-state index in [9.17, 15) is 9.59 Å². The molecular formula is C25H33N3O4. The molecule has 0 saturated carbocycles. The van der Waals surface area contributed by atoms with E-state index in [4.69, 9.17) is 9.47 Å². The van der Waals surface area contributed by atoms with Crippen molar-refractivity contribution in [1.82, 2.24) is 14.8 Å². The van der Waals surface area contributed by atoms with Gasteiger partial charge in [0.2, 0.25) is 0 Å². The third-order valence-electron chi connectivity index (χ3n) is 6.51. The molecule has 0 bridgehead atoms. The van der Waals surface area contributed by atoms with Gasteiger partial charge in [-0.15, -0.1) is 0 Å². The van der Waals surface area contributed by atoms with E-state index in [1.165, 1.54) is 0 Å². The molecule has 7 heteroatoms. The third kappa shape index (κ3) is 4.89. The molecule has 1 saturated heterocycles. The largest absolute Gasteiger partial charge is 0.381 e. The number of ether oxygens (including phenoxy) is 2. The molecule has 3 heterocycles. The van der Waals surface area contributed by atoms with Gasteiger partial charge in [0.05, 0.1) is 30.5 Å². The molecule has 4 rings (SSSR count). The van der Waals surface area contributed by atoms with Crippen LogP contribution >= 0.6 is 0 Å². The molecule has 2 aromatic rings. The minimum atomic E-state index is -0.166. The Hall–Kier alpha value is -2.64. The number of aromatic nitrogens is 1. The standard InChI is InChI=1S/C25H33N3O4/c1-3-21(19-7-5-4-6-8-19)26-24(29)20-15-22(28-11-14-32-17-23(20)28)25(30)27(2)16-18-9-12-31-13-10-18/h4-8,15,18,21H,3,9-14,16-17H2,1-2H3,(H,26,29). The van der Waals surface area contributed by atoms with Crippen LogP contribution in [0.2, 0.25) is 0 Å². The Morgan fingerprint density at radius 3 is 2.62 bits per heavy atom. The molecular weight excluding hydrogens is 406 g/mol. The molecule has 0 aliphatic carbocycles. The van der Waals surface area contributed by atoms with Crippen LogP contribution in [0.5, 0.6) is 0 Å². The summed E-state index contributed by atoms with van der Waals surface area (Å²) in [4.78, 5) is 28.4. The molecule has 1 fully saturated rings. The highest BCUT2D eigenvalue weighted by atomic mass is 16.5. The zero-order valence-corrected chi connectivity index (χ0v) is 19.0. The second kappa shape index (κ2) is 10.3. The molecule has 1 unspecified atom stereocenters. The Balaban J connectivity index is 1.54. The quantitative estimate of drug-likeness (QED) is 0.718. The van der Waals surface area contributed by atoms with Gasteiger partial charge < -0.3 is 24.3 Å². The van der Waals surface area contributed by atoms with E-state index in [-0.39, 0.29) is 17.9 Å². The Morgan fingerprint density at radius 2 is 1.91 bits per heavy atom. The summed E-state index contributed by atoms with van der Waals surface area (Å²) in [5, 5.41) is 3.15. The molecule has 0 radical (unpaired) electrons. The summed E-state index contributed by atoms with van der Waals surface area (Å²) in [6.45, 7) is 5.72. The number of hydrogen-bond acceptors (Lipinski definition) is 4. The van der Waals surface area contributed by atoms with E-state index in [2.05, 4.69) is 12.2 Å². The molecule has 172 valence electrons. The summed E-state index contributed by atoms with van der Waals surface area (Å²) in [7, 11) is 1.85. The van der Waals surface area contributed by atoms with Gasteiger partial charge in [0.1, 0.15) is 5.69 Å². The maximum absolute atomic E-state index is 13.3. The normalized spacial score (nSPS) is 17.4. The lowest BCUT2D eigenvalue weighted by atomic mass is 10.00. The third-order valence-corrected chi connectivity index (χ3v) is 6.51. The minimum absolute atomic E-state index is 0.0474. The summed E-state index contributed by atoms with van der Waals surface area (Å²) in [6.07, 6.45) is 2.73. The fourth-order valence-corrected chi connectivity index (χ4v) is 4.64. The van der Waals surface area contributed by atoms with E-state index in [1.807, 2.05) is 41.9 Å². The summed E-state index contributed by atoms with van der Waals surface area (Å²) in [5.74, 6) is 0.241. The Kier molecular flexibility index (Phi) is 7.27. The summed E-state index contributed by atoms with van der Waals surface area (Å²) in [6, 6.07) is 11.6. The highest BCUT2D eigenvalue weighted by molar-refractivity contribution is 6.00. The highest BCUT2D eigenvalue weighted by Gasteiger charge is 2.29. The Morgan fingerprint density at radius 1 is 1.16 bits per heavy atom. The summed E-state index contributed by atoms with van der Waals surface area (Å²) >= 11 is 0. The van der Waals surface area contributed by atoms with E-state index in [0.29, 0.717) is 43.5 Å². The van der Waals surface area contributed by atoms with Gasteiger partial charge in [-0.25, -0.2) is 0 Å². The smallest absolute Gasteiger partial charge is 0.270 e. The van der Waals surface area contributed by atoms with Crippen molar-refractivity contribution in [2.45, 2.75) is 45.4 Å². The van der Waals surface area contributed by atoms with Crippen molar-refractivity contribution in [2.75, 3.05) is 33.4 Å². The lowest BCUT2D eigenvalue weighted by molar-refractivity contribution is 0.0485. The van der Waals surface area contributed by atoms with Gasteiger partial charge in [0.15, 0.2) is 0 Å². The van der Waals surface area contributed by atoms with E-state index < -0.39 is 0 Å². The lowest BCUT2D eigenvalue weighted by Crippen LogP contribution is -2.35. The molecule has 1 atom stereocenters. The van der Waals surface area contributed by atoms with E-state index in [1.54, 1.807) is 11.0 Å². The first-order valence-electron chi connectivity index (χ1n) is 11.6. The molecule has 7 nitrogen and oxygen atoms in total. The van der Waals surface area contributed by atoms with Crippen LogP contribution in [0.1, 0.15) is 64.3 Å². The van der Waals surface area contributed by atoms with Gasteiger partial charge in [0, 0.05) is 33.4 Å². The molecule has 32 heavy (non-hydrogen) atoms. The number of hydrogen-bond donors (Lipinski definition) is 1. The fraction of sp³-hybridized carbons (Fsp3) is 0.520. The van der Waals surface area contributed by atoms with Crippen molar-refractivity contribution >= 4 is 11.8 Å². The van der Waals surface area contributed by atoms with Crippen LogP contribution in [-0.2, 0) is 22.6 Å². The number of nitrogens with one attached hydrogen (secondary N) is 1. The lowest BCUT2D eigenvalue weighted by Gasteiger charge is -2.28. The first-order chi connectivity index (χ1) is 15.6. The van der Waals surface area contributed by atoms with Crippen molar-refractivity contribution < 1.29 is 19.1 Å². The van der Waals surface area contributed by atoms with Crippen molar-refractivity contribution in [3.63, 3.8) is 0 Å². The van der Waals surface area contributed by atoms with Crippen molar-refractivity contribution in [2.24, 2.45) is 5.92 Å². The topological polar surface area (TPSA) is 72.8 Å². The number of carbonyl (C=O) groups excluding carboxylic acids is 2. The average molecular weight is 440 g/mol. The van der Waals surface area contributed by atoms with Gasteiger partial charge in [-0.2, -0.15) is 0 Å². The number of benzene rings is 1. The molecule has 1 N–H and O–H groups in total. The number of amides is 2. The predicted octanol–water partition coefficient (Wildman–Crippen LogP) is 3.40. The van der Waals surface area contributed by atoms with Gasteiger partial charge in [0.25, 0.3) is 11.8 Å². The molecule has 2 aliphatic rings. The molecule has 1 aromatic carbocycles. The maximum atomic E-state index is 13.3. The van der Waals surface area contributed by atoms with E-state index >= 15 is 0 Å². The number of fused-ring (bicyclic) bond motifs is 1. The second-order valence-corrected chi connectivity index (χ2v) is 8.68. The summed E-state index contributed by atoms with van der Waals surface area (Å²) in [5.41, 5.74) is 2.94. The van der Waals surface area contributed by atoms with Crippen LogP contribution in [0.15, 0.2) is 36.4 Å². The molecule has 2 aliphatic heterocycles. The number of rotatable bonds is 7. The molecule has 1 aromatic heterocycles. The first-order valence-corrected chi connectivity index (χ1v) is 11.6. The SMILES string of the molecule is CCC(NC(=O)c1cc(C(=O)N(C)CC2CCOCC2)n2c1COCC2)c1ccccc1. The number of carbonyl (C=O) groups is 2. The predicted molar refractivity (Wildman–Crippen MR) is 122 cm³/mol. The van der Waals surface area contributed by atoms with Crippen LogP contribution in [0.3, 0.4) is 0 Å². The van der Waals surface area contributed by atoms with Crippen molar-refractivity contribution in [3.05, 3.63) is 58.9 Å². The number of nitrogens with zero attached hydrogens (tertiary/aromatic N) is 2. The zero-order valence-electron chi connectivity index (χ0n) is 19.0. The van der Waals surface area contributed by atoms with Crippen LogP contribution in [0, 0.1) is 5.92 Å². The zero-order chi connectivity index (χ0) is 22.5. The molecule has 2 amide bonds. The van der Waals surface area contributed by atoms with Gasteiger partial charge in [-0.3, -0.25) is 9.59 Å². The van der Waals surface area contributed by atoms with Crippen LogP contribution in [0.25, 0.3) is 0 Å². The van der Waals surface area contributed by atoms with Gasteiger partial charge in [-0.1, -0.05) is 37.3 Å². The monoisotopic (exact) mass is 439 g/mol. The maximum Gasteiger partial charge on any atom is 0.270 e. The van der Waals surface area contributed by atoms with Crippen LogP contribution in [0.4, 0.5) is 0 Å². The van der Waals surface area contributed by atoms with Crippen LogP contribution < -0.4 is 5.32 Å². The fourth-order valence-electron chi connectivity index (χ4n) is 4.64. The Bertz CT molecular complexity index is 934. The molecule has 0 spiro atoms. The van der Waals surface area contributed by atoms with Gasteiger partial charge in [-0.05, 0) is 36.8 Å². The first kappa shape index (κ1) is 22.6. The Labute approximate surface area is 189 Å². The highest BCUT2D eigenvalue weighted by Crippen LogP contribution is 2.25. The van der Waals surface area contributed by atoms with E-state index in [0.717, 1.165) is 43.7 Å². The van der Waals surface area contributed by atoms with Gasteiger partial charge >= 0.3 is 0 Å². The minimum Gasteiger partial charge on any atom is -0.381 e. The average Bonchev–Trinajstić information content (AvgIpc) is 3.23. The second-order valence-electron chi connectivity index (χ2n) is 8.68. The van der Waals surface area contributed by atoms with Crippen molar-refractivity contribution in [3.8, 4) is 0 Å². The summed E-state index contributed by atoms with van der Waals surface area (Å²) < 4.78 is 13.0.